The van der Waals surface area contributed by atoms with E-state index < -0.39 is 149 Å². The van der Waals surface area contributed by atoms with E-state index in [1.165, 1.54) is 58.9 Å². The number of carbonyl (C=O) groups is 8. The number of aliphatic hydroxyl groups excluding tert-OH is 2. The molecule has 1 amide bonds. The van der Waals surface area contributed by atoms with E-state index in [4.69, 9.17) is 43.6 Å². The summed E-state index contributed by atoms with van der Waals surface area (Å²) in [6.07, 6.45) is -13.3. The predicted octanol–water partition coefficient (Wildman–Crippen LogP) is 2.63. The van der Waals surface area contributed by atoms with Crippen LogP contribution in [0.5, 0.6) is 0 Å². The second-order valence-corrected chi connectivity index (χ2v) is 20.3. The number of esters is 6. The van der Waals surface area contributed by atoms with Crippen LogP contribution < -0.4 is 11.1 Å². The lowest BCUT2D eigenvalue weighted by Gasteiger charge is -2.67. The zero-order chi connectivity index (χ0) is 53.3. The van der Waals surface area contributed by atoms with Crippen molar-refractivity contribution in [2.24, 2.45) is 22.5 Å². The van der Waals surface area contributed by atoms with E-state index in [-0.39, 0.29) is 41.9 Å². The fourth-order valence-corrected chi connectivity index (χ4v) is 10.5. The quantitative estimate of drug-likeness (QED) is 0.0973. The summed E-state index contributed by atoms with van der Waals surface area (Å²) in [5, 5.41) is 40.7. The van der Waals surface area contributed by atoms with E-state index in [1.54, 1.807) is 57.2 Å². The van der Waals surface area contributed by atoms with E-state index >= 15 is 9.59 Å². The molecule has 6 rings (SSSR count). The molecule has 21 heteroatoms. The van der Waals surface area contributed by atoms with Crippen molar-refractivity contribution in [2.75, 3.05) is 19.8 Å². The van der Waals surface area contributed by atoms with E-state index in [1.807, 2.05) is 0 Å². The van der Waals surface area contributed by atoms with Crippen LogP contribution in [-0.2, 0) is 66.7 Å². The molecule has 2 bridgehead atoms. The van der Waals surface area contributed by atoms with Crippen molar-refractivity contribution in [3.8, 4) is 0 Å². The smallest absolute Gasteiger partial charge is 0.408 e. The Balaban J connectivity index is 1.47. The number of aliphatic hydroxyl groups is 3. The summed E-state index contributed by atoms with van der Waals surface area (Å²) < 4.78 is 45.5. The molecule has 12 atom stereocenters. The molecule has 2 aromatic rings. The molecule has 2 saturated carbocycles. The molecular formula is C51H64N2O19. The van der Waals surface area contributed by atoms with Crippen LogP contribution in [0.3, 0.4) is 0 Å². The summed E-state index contributed by atoms with van der Waals surface area (Å²) in [7, 11) is 0. The van der Waals surface area contributed by atoms with Crippen LogP contribution in [0.1, 0.15) is 104 Å². The Hall–Kier alpha value is -6.26. The number of carbonyl (C=O) groups excluding carboxylic acids is 8. The topological polar surface area (TPSA) is 309 Å². The van der Waals surface area contributed by atoms with Gasteiger partial charge in [-0.1, -0.05) is 62.4 Å². The maximum atomic E-state index is 15.2. The molecule has 1 saturated heterocycles. The number of ether oxygens (including phenoxy) is 8. The van der Waals surface area contributed by atoms with E-state index in [0.717, 1.165) is 6.92 Å². The number of hydrogen-bond acceptors (Lipinski definition) is 20. The molecule has 21 nitrogen and oxygen atoms in total. The molecule has 1 heterocycles. The summed E-state index contributed by atoms with van der Waals surface area (Å²) >= 11 is 0. The van der Waals surface area contributed by atoms with E-state index in [2.05, 4.69) is 5.32 Å². The average molecular weight is 1010 g/mol. The molecule has 0 unspecified atom stereocenters. The Morgan fingerprint density at radius 2 is 1.53 bits per heavy atom. The zero-order valence-electron chi connectivity index (χ0n) is 41.7. The van der Waals surface area contributed by atoms with Crippen LogP contribution in [0, 0.1) is 16.7 Å². The molecular weight excluding hydrogens is 945 g/mol. The molecule has 72 heavy (non-hydrogen) atoms. The van der Waals surface area contributed by atoms with Crippen molar-refractivity contribution in [1.29, 1.82) is 0 Å². The Labute approximate surface area is 415 Å². The monoisotopic (exact) mass is 1010 g/mol. The minimum atomic E-state index is -2.51. The number of amides is 1. The minimum Gasteiger partial charge on any atom is -0.465 e. The Morgan fingerprint density at radius 1 is 0.903 bits per heavy atom. The van der Waals surface area contributed by atoms with Crippen molar-refractivity contribution in [3.05, 3.63) is 82.9 Å². The van der Waals surface area contributed by atoms with Gasteiger partial charge in [0.05, 0.1) is 42.6 Å². The van der Waals surface area contributed by atoms with Crippen molar-refractivity contribution < 1.29 is 91.6 Å². The number of Topliss-reactive ketones (excluding diaryl/α,β-unsaturated/α-hetero) is 1. The second-order valence-electron chi connectivity index (χ2n) is 20.3. The van der Waals surface area contributed by atoms with E-state index in [0.29, 0.717) is 0 Å². The number of nitrogens with one attached hydrogen (secondary N) is 1. The standard InChI is InChI=1S/C51H64N2O19/c1-10-65-44(61)30(52)21-34(56)66-24-35(57)69-39(37(28-17-13-11-14-18-28)53-46(63)72-47(4,5)6)45(62)68-31-23-51(64)42(70-43(60)29-19-15-12-16-20-29)40-49(9,41(59)38(58)36(26(31)2)48(51,7)8)32(55)22-33-50(40,25-67-33)71-27(3)54/h11-20,30-33,37-40,42,55,58,64H,10,21-25,52H2,1-9H3,(H,53,63)/t30-,31-,32-,33+,37-,38+,39+,40-,42-,49+,50-,51+/m0/s1. The number of alkyl carbamates (subject to hydrolysis) is 1. The Kier molecular flexibility index (Phi) is 16.1. The normalized spacial score (nSPS) is 29.6. The molecule has 3 aliphatic carbocycles. The predicted molar refractivity (Wildman–Crippen MR) is 248 cm³/mol. The lowest BCUT2D eigenvalue weighted by atomic mass is 9.44. The van der Waals surface area contributed by atoms with Crippen molar-refractivity contribution in [1.82, 2.24) is 5.32 Å². The van der Waals surface area contributed by atoms with Gasteiger partial charge in [-0.15, -0.1) is 0 Å². The highest BCUT2D eigenvalue weighted by Crippen LogP contribution is 2.64. The van der Waals surface area contributed by atoms with Crippen molar-refractivity contribution in [2.45, 2.75) is 147 Å². The molecule has 6 N–H and O–H groups in total. The molecule has 3 fully saturated rings. The molecule has 392 valence electrons. The van der Waals surface area contributed by atoms with E-state index in [9.17, 15) is 44.1 Å². The van der Waals surface area contributed by atoms with Crippen molar-refractivity contribution in [3.63, 3.8) is 0 Å². The van der Waals surface area contributed by atoms with Gasteiger partial charge >= 0.3 is 41.9 Å². The third-order valence-electron chi connectivity index (χ3n) is 14.1. The summed E-state index contributed by atoms with van der Waals surface area (Å²) in [6.45, 7) is 11.6. The highest BCUT2D eigenvalue weighted by molar-refractivity contribution is 5.94. The first-order valence-corrected chi connectivity index (χ1v) is 23.6. The lowest BCUT2D eigenvalue weighted by Crippen LogP contribution is -2.81. The number of fused-ring (bicyclic) bond motifs is 5. The van der Waals surface area contributed by atoms with Gasteiger partial charge in [0.2, 0.25) is 6.10 Å². The van der Waals surface area contributed by atoms with Crippen molar-refractivity contribution >= 4 is 47.7 Å². The SMILES string of the molecule is CCOC(=O)[C@@H](N)CC(=O)OCC(=O)O[C@@H](C(=O)O[C@H]1C[C@@]2(O)[C@@H](OC(=O)c3ccccc3)[C@@H]3[C@]4(OC(C)=O)CO[C@@H]4C[C@H](O)[C@@]3(C)C(=O)[C@H](O)C(=C1C)C2(C)C)[C@@H](NC(=O)OC(C)(C)C)c1ccccc1. The van der Waals surface area contributed by atoms with Gasteiger partial charge in [0.25, 0.3) is 0 Å². The number of hydrogen-bond donors (Lipinski definition) is 5. The Bertz CT molecular complexity index is 2450. The minimum absolute atomic E-state index is 0.0145. The van der Waals surface area contributed by atoms with Gasteiger partial charge in [0, 0.05) is 25.2 Å². The van der Waals surface area contributed by atoms with Gasteiger partial charge < -0.3 is 64.3 Å². The molecule has 0 radical (unpaired) electrons. The third-order valence-corrected chi connectivity index (χ3v) is 14.1. The number of rotatable bonds is 15. The maximum absolute atomic E-state index is 15.2. The fourth-order valence-electron chi connectivity index (χ4n) is 10.5. The summed E-state index contributed by atoms with van der Waals surface area (Å²) in [6, 6.07) is 12.4. The number of ketones is 1. The fraction of sp³-hybridized carbons (Fsp3) is 0.569. The van der Waals surface area contributed by atoms with Crippen LogP contribution >= 0.6 is 0 Å². The highest BCUT2D eigenvalue weighted by atomic mass is 16.6. The van der Waals surface area contributed by atoms with Gasteiger partial charge in [0.1, 0.15) is 47.7 Å². The largest absolute Gasteiger partial charge is 0.465 e. The number of benzene rings is 2. The van der Waals surface area contributed by atoms with Gasteiger partial charge in [-0.05, 0) is 70.4 Å². The van der Waals surface area contributed by atoms with Crippen LogP contribution in [-0.4, -0.2) is 142 Å². The van der Waals surface area contributed by atoms with Gasteiger partial charge in [-0.3, -0.25) is 19.2 Å². The highest BCUT2D eigenvalue weighted by Gasteiger charge is 2.78. The van der Waals surface area contributed by atoms with Gasteiger partial charge in [0.15, 0.2) is 18.0 Å². The lowest BCUT2D eigenvalue weighted by molar-refractivity contribution is -0.346. The third kappa shape index (κ3) is 10.6. The van der Waals surface area contributed by atoms with Crippen LogP contribution in [0.4, 0.5) is 4.79 Å². The first-order valence-electron chi connectivity index (χ1n) is 23.6. The van der Waals surface area contributed by atoms with Crippen LogP contribution in [0.2, 0.25) is 0 Å². The summed E-state index contributed by atoms with van der Waals surface area (Å²) in [5.74, 6) is -9.18. The van der Waals surface area contributed by atoms with Crippen LogP contribution in [0.25, 0.3) is 0 Å². The first kappa shape index (κ1) is 55.1. The summed E-state index contributed by atoms with van der Waals surface area (Å²) in [4.78, 5) is 109. The first-order chi connectivity index (χ1) is 33.6. The molecule has 2 aromatic carbocycles. The molecule has 4 aliphatic rings. The summed E-state index contributed by atoms with van der Waals surface area (Å²) in [5.41, 5.74) is -3.49. The number of nitrogens with two attached hydrogens (primary N) is 1. The molecule has 0 spiro atoms. The Morgan fingerprint density at radius 3 is 2.10 bits per heavy atom. The maximum Gasteiger partial charge on any atom is 0.408 e. The second kappa shape index (κ2) is 21.1. The average Bonchev–Trinajstić information content (AvgIpc) is 3.30. The van der Waals surface area contributed by atoms with Gasteiger partial charge in [-0.2, -0.15) is 0 Å². The van der Waals surface area contributed by atoms with Crippen LogP contribution in [0.15, 0.2) is 71.8 Å². The molecule has 1 aliphatic heterocycles. The van der Waals surface area contributed by atoms with Gasteiger partial charge in [-0.25, -0.2) is 19.2 Å². The zero-order valence-corrected chi connectivity index (χ0v) is 41.7. The molecule has 0 aromatic heterocycles.